The predicted molar refractivity (Wildman–Crippen MR) is 109 cm³/mol. The van der Waals surface area contributed by atoms with Gasteiger partial charge in [-0.25, -0.2) is 13.8 Å². The van der Waals surface area contributed by atoms with Gasteiger partial charge in [0, 0.05) is 18.4 Å². The highest BCUT2D eigenvalue weighted by Crippen LogP contribution is 2.22. The van der Waals surface area contributed by atoms with E-state index in [1.807, 2.05) is 30.3 Å². The van der Waals surface area contributed by atoms with Gasteiger partial charge in [-0.15, -0.1) is 5.10 Å². The maximum Gasteiger partial charge on any atom is 0.227 e. The molecule has 2 aromatic heterocycles. The molecule has 0 radical (unpaired) electrons. The lowest BCUT2D eigenvalue weighted by Crippen LogP contribution is -2.14. The van der Waals surface area contributed by atoms with Gasteiger partial charge in [-0.2, -0.15) is 4.98 Å². The molecule has 8 nitrogen and oxygen atoms in total. The largest absolute Gasteiger partial charge is 0.339 e. The smallest absolute Gasteiger partial charge is 0.227 e. The van der Waals surface area contributed by atoms with Crippen molar-refractivity contribution in [1.82, 2.24) is 25.3 Å². The summed E-state index contributed by atoms with van der Waals surface area (Å²) >= 11 is 1.33. The van der Waals surface area contributed by atoms with Gasteiger partial charge in [0.1, 0.15) is 17.3 Å². The zero-order valence-electron chi connectivity index (χ0n) is 16.0. The number of anilines is 1. The lowest BCUT2D eigenvalue weighted by Gasteiger charge is -2.06. The van der Waals surface area contributed by atoms with E-state index in [0.29, 0.717) is 22.6 Å². The minimum absolute atomic E-state index is 0.0656. The van der Waals surface area contributed by atoms with E-state index in [0.717, 1.165) is 17.7 Å². The average Bonchev–Trinajstić information content (AvgIpc) is 3.44. The van der Waals surface area contributed by atoms with Crippen LogP contribution in [0.4, 0.5) is 14.5 Å². The zero-order chi connectivity index (χ0) is 21.6. The van der Waals surface area contributed by atoms with Crippen molar-refractivity contribution >= 4 is 23.4 Å². The van der Waals surface area contributed by atoms with Crippen molar-refractivity contribution in [2.75, 3.05) is 5.32 Å². The molecular weight excluding hydrogens is 426 g/mol. The highest BCUT2D eigenvalue weighted by Gasteiger charge is 2.14. The highest BCUT2D eigenvalue weighted by molar-refractivity contribution is 7.98. The van der Waals surface area contributed by atoms with Gasteiger partial charge in [0.2, 0.25) is 17.0 Å². The Labute approximate surface area is 179 Å². The molecule has 0 unspecified atom stereocenters. The second-order valence-electron chi connectivity index (χ2n) is 6.37. The number of nitrogens with one attached hydrogen (secondary N) is 2. The van der Waals surface area contributed by atoms with Gasteiger partial charge in [-0.1, -0.05) is 53.3 Å². The van der Waals surface area contributed by atoms with Crippen molar-refractivity contribution in [1.29, 1.82) is 0 Å². The summed E-state index contributed by atoms with van der Waals surface area (Å²) in [5.41, 5.74) is 0.453. The van der Waals surface area contributed by atoms with E-state index in [-0.39, 0.29) is 18.7 Å². The minimum Gasteiger partial charge on any atom is -0.339 e. The first-order valence-corrected chi connectivity index (χ1v) is 10.2. The maximum atomic E-state index is 13.6. The number of hydrogen-bond acceptors (Lipinski definition) is 7. The Balaban J connectivity index is 1.27. The molecule has 4 rings (SSSR count). The first kappa shape index (κ1) is 20.7. The van der Waals surface area contributed by atoms with Crippen molar-refractivity contribution in [3.05, 3.63) is 71.9 Å². The first-order valence-electron chi connectivity index (χ1n) is 9.24. The Hall–Kier alpha value is -3.60. The molecule has 0 saturated carbocycles. The fourth-order valence-corrected chi connectivity index (χ4v) is 3.30. The number of halogens is 2. The van der Waals surface area contributed by atoms with E-state index in [2.05, 4.69) is 30.6 Å². The summed E-state index contributed by atoms with van der Waals surface area (Å²) in [5, 5.41) is 13.7. The van der Waals surface area contributed by atoms with Crippen LogP contribution in [0.15, 0.2) is 58.2 Å². The zero-order valence-corrected chi connectivity index (χ0v) is 16.8. The van der Waals surface area contributed by atoms with Gasteiger partial charge in [-0.05, 0) is 12.1 Å². The van der Waals surface area contributed by atoms with Gasteiger partial charge in [0.05, 0.1) is 5.75 Å². The minimum atomic E-state index is -0.840. The molecule has 2 heterocycles. The Morgan fingerprint density at radius 3 is 2.61 bits per heavy atom. The van der Waals surface area contributed by atoms with Gasteiger partial charge >= 0.3 is 0 Å². The Morgan fingerprint density at radius 1 is 1.06 bits per heavy atom. The topological polar surface area (TPSA) is 110 Å². The number of aromatic amines is 1. The summed E-state index contributed by atoms with van der Waals surface area (Å²) in [6.45, 7) is 0. The number of aryl methyl sites for hydroxylation is 1. The van der Waals surface area contributed by atoms with Crippen molar-refractivity contribution in [3.63, 3.8) is 0 Å². The molecule has 2 N–H and O–H groups in total. The molecule has 0 atom stereocenters. The number of H-pyrrole nitrogens is 1. The van der Waals surface area contributed by atoms with E-state index < -0.39 is 23.2 Å². The molecular formula is C20H16F2N6O2S. The van der Waals surface area contributed by atoms with Gasteiger partial charge in [0.15, 0.2) is 11.6 Å². The summed E-state index contributed by atoms with van der Waals surface area (Å²) in [4.78, 5) is 20.6. The maximum absolute atomic E-state index is 13.6. The number of rotatable bonds is 8. The van der Waals surface area contributed by atoms with Crippen LogP contribution in [-0.2, 0) is 17.0 Å². The molecule has 0 aliphatic rings. The molecule has 31 heavy (non-hydrogen) atoms. The van der Waals surface area contributed by atoms with Gasteiger partial charge in [0.25, 0.3) is 0 Å². The Bertz CT molecular complexity index is 1160. The van der Waals surface area contributed by atoms with Crippen LogP contribution in [0.3, 0.4) is 0 Å². The molecule has 0 saturated heterocycles. The molecule has 0 aliphatic carbocycles. The average molecular weight is 442 g/mol. The van der Waals surface area contributed by atoms with E-state index in [1.165, 1.54) is 17.8 Å². The van der Waals surface area contributed by atoms with Crippen molar-refractivity contribution in [2.45, 2.75) is 23.8 Å². The standard InChI is InChI=1S/C20H16F2N6O2S/c21-13-7-4-8-14(22)18(13)24-16(29)9-10-17-23-15(28-30-17)11-31-20-25-19(26-27-20)12-5-2-1-3-6-12/h1-8H,9-11H2,(H,24,29)(H,25,26,27). The molecule has 0 bridgehead atoms. The van der Waals surface area contributed by atoms with Crippen LogP contribution in [0.5, 0.6) is 0 Å². The predicted octanol–water partition coefficient (Wildman–Crippen LogP) is 4.00. The third kappa shape index (κ3) is 5.31. The summed E-state index contributed by atoms with van der Waals surface area (Å²) in [5.74, 6) is -0.532. The summed E-state index contributed by atoms with van der Waals surface area (Å²) in [6.07, 6.45) is 0.0717. The SMILES string of the molecule is O=C(CCc1nc(CSc2n[nH]c(-c3ccccc3)n2)no1)Nc1c(F)cccc1F. The van der Waals surface area contributed by atoms with E-state index >= 15 is 0 Å². The van der Waals surface area contributed by atoms with Crippen LogP contribution < -0.4 is 5.32 Å². The lowest BCUT2D eigenvalue weighted by atomic mass is 10.2. The fourth-order valence-electron chi connectivity index (χ4n) is 2.66. The molecule has 11 heteroatoms. The van der Waals surface area contributed by atoms with Crippen LogP contribution in [0.25, 0.3) is 11.4 Å². The van der Waals surface area contributed by atoms with Crippen molar-refractivity contribution in [3.8, 4) is 11.4 Å². The van der Waals surface area contributed by atoms with Crippen LogP contribution in [-0.4, -0.2) is 31.2 Å². The van der Waals surface area contributed by atoms with Crippen LogP contribution >= 0.6 is 11.8 Å². The summed E-state index contributed by atoms with van der Waals surface area (Å²) < 4.78 is 32.3. The number of para-hydroxylation sites is 1. The number of carbonyl (C=O) groups excluding carboxylic acids is 1. The number of benzene rings is 2. The molecule has 0 aliphatic heterocycles. The van der Waals surface area contributed by atoms with Gasteiger partial charge < -0.3 is 9.84 Å². The second kappa shape index (κ2) is 9.47. The number of hydrogen-bond donors (Lipinski definition) is 2. The first-order chi connectivity index (χ1) is 15.1. The number of amides is 1. The molecule has 0 fully saturated rings. The summed E-state index contributed by atoms with van der Waals surface area (Å²) in [7, 11) is 0. The van der Waals surface area contributed by atoms with Crippen molar-refractivity contribution < 1.29 is 18.1 Å². The van der Waals surface area contributed by atoms with E-state index in [4.69, 9.17) is 4.52 Å². The monoisotopic (exact) mass is 442 g/mol. The van der Waals surface area contributed by atoms with Crippen LogP contribution in [0, 0.1) is 11.6 Å². The molecule has 0 spiro atoms. The van der Waals surface area contributed by atoms with Crippen LogP contribution in [0.1, 0.15) is 18.1 Å². The number of carbonyl (C=O) groups is 1. The lowest BCUT2D eigenvalue weighted by molar-refractivity contribution is -0.116. The van der Waals surface area contributed by atoms with Crippen molar-refractivity contribution in [2.24, 2.45) is 0 Å². The second-order valence-corrected chi connectivity index (χ2v) is 7.31. The van der Waals surface area contributed by atoms with E-state index in [9.17, 15) is 13.6 Å². The number of aromatic nitrogens is 5. The highest BCUT2D eigenvalue weighted by atomic mass is 32.2. The van der Waals surface area contributed by atoms with Gasteiger partial charge in [-0.3, -0.25) is 9.89 Å². The van der Waals surface area contributed by atoms with Crippen LogP contribution in [0.2, 0.25) is 0 Å². The quantitative estimate of drug-likeness (QED) is 0.397. The third-order valence-electron chi connectivity index (χ3n) is 4.15. The Morgan fingerprint density at radius 2 is 1.84 bits per heavy atom. The fraction of sp³-hybridized carbons (Fsp3) is 0.150. The third-order valence-corrected chi connectivity index (χ3v) is 4.99. The molecule has 2 aromatic carbocycles. The normalized spacial score (nSPS) is 10.9. The molecule has 158 valence electrons. The number of thioether (sulfide) groups is 1. The Kier molecular flexibility index (Phi) is 6.32. The number of nitrogens with zero attached hydrogens (tertiary/aromatic N) is 4. The van der Waals surface area contributed by atoms with E-state index in [1.54, 1.807) is 0 Å². The summed E-state index contributed by atoms with van der Waals surface area (Å²) in [6, 6.07) is 13.0. The molecule has 1 amide bonds. The molecule has 4 aromatic rings.